The molecule has 0 saturated carbocycles. The molecule has 1 spiro atoms. The van der Waals surface area contributed by atoms with E-state index >= 15 is 0 Å². The average Bonchev–Trinajstić information content (AvgIpc) is 3.86. The van der Waals surface area contributed by atoms with Crippen molar-refractivity contribution < 1.29 is 0 Å². The van der Waals surface area contributed by atoms with Crippen molar-refractivity contribution in [3.8, 4) is 22.3 Å². The van der Waals surface area contributed by atoms with E-state index in [4.69, 9.17) is 9.98 Å². The minimum Gasteiger partial charge on any atom is -0.257 e. The number of allylic oxidation sites excluding steroid dienone is 4. The molecule has 0 N–H and O–H groups in total. The summed E-state index contributed by atoms with van der Waals surface area (Å²) in [6.07, 6.45) is 6.72. The molecule has 2 nitrogen and oxygen atoms in total. The largest absolute Gasteiger partial charge is 0.257 e. The summed E-state index contributed by atoms with van der Waals surface area (Å²) in [5.74, 6) is 1.49. The predicted octanol–water partition coefficient (Wildman–Crippen LogP) is 15.3. The fourth-order valence-electron chi connectivity index (χ4n) is 12.0. The maximum Gasteiger partial charge on any atom is 0.155 e. The van der Waals surface area contributed by atoms with Crippen molar-refractivity contribution in [2.45, 2.75) is 44.1 Å². The number of nitrogens with zero attached hydrogens (tertiary/aromatic N) is 2. The van der Waals surface area contributed by atoms with Crippen molar-refractivity contribution in [2.75, 3.05) is 0 Å². The van der Waals surface area contributed by atoms with Crippen molar-refractivity contribution in [3.05, 3.63) is 274 Å². The first-order valence-corrected chi connectivity index (χ1v) is 23.5. The fourth-order valence-corrected chi connectivity index (χ4v) is 12.0. The van der Waals surface area contributed by atoms with Gasteiger partial charge in [0.25, 0.3) is 0 Å². The molecule has 2 heteroatoms. The molecule has 4 atom stereocenters. The average molecular weight is 835 g/mol. The molecule has 8 aromatic carbocycles. The summed E-state index contributed by atoms with van der Waals surface area (Å²) in [5, 5.41) is 0. The van der Waals surface area contributed by atoms with Crippen LogP contribution in [0.25, 0.3) is 33.4 Å². The normalized spacial score (nSPS) is 19.8. The fraction of sp³-hybridized carbons (Fsp3) is 0.143. The van der Waals surface area contributed by atoms with Gasteiger partial charge in [0.2, 0.25) is 0 Å². The Kier molecular flexibility index (Phi) is 9.64. The van der Waals surface area contributed by atoms with Crippen LogP contribution in [0, 0.1) is 11.8 Å². The first-order valence-electron chi connectivity index (χ1n) is 23.5. The van der Waals surface area contributed by atoms with E-state index in [9.17, 15) is 0 Å². The second-order valence-electron chi connectivity index (χ2n) is 18.1. The summed E-state index contributed by atoms with van der Waals surface area (Å²) in [6, 6.07) is 76.2. The summed E-state index contributed by atoms with van der Waals surface area (Å²) >= 11 is 0. The zero-order chi connectivity index (χ0) is 43.5. The van der Waals surface area contributed by atoms with E-state index in [0.29, 0.717) is 5.92 Å². The molecule has 0 radical (unpaired) electrons. The second kappa shape index (κ2) is 16.0. The smallest absolute Gasteiger partial charge is 0.155 e. The van der Waals surface area contributed by atoms with E-state index in [1.54, 1.807) is 0 Å². The van der Waals surface area contributed by atoms with Crippen LogP contribution >= 0.6 is 0 Å². The Morgan fingerprint density at radius 3 is 1.46 bits per heavy atom. The van der Waals surface area contributed by atoms with Crippen LogP contribution in [0.15, 0.2) is 228 Å². The summed E-state index contributed by atoms with van der Waals surface area (Å²) in [5.41, 5.74) is 21.3. The number of hydrogen-bond donors (Lipinski definition) is 0. The minimum atomic E-state index is -0.434. The molecule has 4 aliphatic rings. The molecule has 1 heterocycles. The molecule has 0 amide bonds. The van der Waals surface area contributed by atoms with Gasteiger partial charge >= 0.3 is 0 Å². The Hall–Kier alpha value is -7.42. The quantitative estimate of drug-likeness (QED) is 0.146. The molecule has 4 unspecified atom stereocenters. The van der Waals surface area contributed by atoms with Gasteiger partial charge in [-0.3, -0.25) is 4.99 Å². The third-order valence-corrected chi connectivity index (χ3v) is 14.9. The zero-order valence-corrected chi connectivity index (χ0v) is 36.9. The van der Waals surface area contributed by atoms with Gasteiger partial charge in [0.15, 0.2) is 5.84 Å². The highest BCUT2D eigenvalue weighted by Gasteiger charge is 2.51. The van der Waals surface area contributed by atoms with Crippen LogP contribution in [0.1, 0.15) is 94.3 Å². The van der Waals surface area contributed by atoms with Gasteiger partial charge in [0.1, 0.15) is 0 Å². The standard InChI is InChI=1S/C63H50N2/c1-3-47-49(41-20-8-5-9-21-41)38-39-50(59(47)43-22-10-6-11-23-43)42-32-34-45(35-33-42)61-48(4-2)60(44-24-12-7-13-25-44)64-62(65-61)46-36-37-54-53-28-16-19-31-57(53)63(58(54)40-46)55-29-17-14-26-51(55)52-27-15-18-30-56(52)63/h5-40,47-48,59,61H,3-4H2,1-2H3. The molecular formula is C63H50N2. The van der Waals surface area contributed by atoms with Gasteiger partial charge in [-0.1, -0.05) is 226 Å². The van der Waals surface area contributed by atoms with E-state index in [1.807, 2.05) is 0 Å². The number of fused-ring (bicyclic) bond motifs is 10. The Morgan fingerprint density at radius 2 is 0.877 bits per heavy atom. The molecule has 0 fully saturated rings. The maximum atomic E-state index is 5.71. The summed E-state index contributed by atoms with van der Waals surface area (Å²) < 4.78 is 0. The number of benzene rings is 8. The summed E-state index contributed by atoms with van der Waals surface area (Å²) in [7, 11) is 0. The van der Waals surface area contributed by atoms with Gasteiger partial charge in [0.05, 0.1) is 17.2 Å². The summed E-state index contributed by atoms with van der Waals surface area (Å²) in [6.45, 7) is 4.62. The Morgan fingerprint density at radius 1 is 0.400 bits per heavy atom. The molecule has 8 aromatic rings. The summed E-state index contributed by atoms with van der Waals surface area (Å²) in [4.78, 5) is 11.3. The van der Waals surface area contributed by atoms with Crippen LogP contribution in [0.5, 0.6) is 0 Å². The van der Waals surface area contributed by atoms with Crippen molar-refractivity contribution >= 4 is 22.7 Å². The lowest BCUT2D eigenvalue weighted by Gasteiger charge is -2.35. The molecule has 1 aliphatic heterocycles. The maximum absolute atomic E-state index is 5.71. The Bertz CT molecular complexity index is 3160. The van der Waals surface area contributed by atoms with Crippen LogP contribution in [0.2, 0.25) is 0 Å². The van der Waals surface area contributed by atoms with Crippen molar-refractivity contribution in [3.63, 3.8) is 0 Å². The molecule has 312 valence electrons. The van der Waals surface area contributed by atoms with Gasteiger partial charge in [-0.25, -0.2) is 4.99 Å². The minimum absolute atomic E-state index is 0.109. The van der Waals surface area contributed by atoms with Crippen LogP contribution in [0.4, 0.5) is 0 Å². The molecule has 3 aliphatic carbocycles. The van der Waals surface area contributed by atoms with E-state index in [2.05, 4.69) is 232 Å². The van der Waals surface area contributed by atoms with Crippen molar-refractivity contribution in [1.82, 2.24) is 0 Å². The third kappa shape index (κ3) is 6.15. The third-order valence-electron chi connectivity index (χ3n) is 14.9. The monoisotopic (exact) mass is 834 g/mol. The molecule has 0 aromatic heterocycles. The molecule has 12 rings (SSSR count). The second-order valence-corrected chi connectivity index (χ2v) is 18.1. The molecular weight excluding hydrogens is 785 g/mol. The first-order chi connectivity index (χ1) is 32.2. The van der Waals surface area contributed by atoms with Crippen LogP contribution in [0.3, 0.4) is 0 Å². The van der Waals surface area contributed by atoms with Gasteiger partial charge in [0, 0.05) is 17.4 Å². The lowest BCUT2D eigenvalue weighted by molar-refractivity contribution is 0.532. The molecule has 0 saturated heterocycles. The topological polar surface area (TPSA) is 24.7 Å². The van der Waals surface area contributed by atoms with E-state index < -0.39 is 5.41 Å². The van der Waals surface area contributed by atoms with Gasteiger partial charge in [-0.05, 0) is 108 Å². The molecule has 0 bridgehead atoms. The number of aliphatic imine (C=N–C) groups is 2. The van der Waals surface area contributed by atoms with E-state index in [1.165, 1.54) is 77.9 Å². The Labute approximate surface area is 383 Å². The zero-order valence-electron chi connectivity index (χ0n) is 36.9. The molecule has 65 heavy (non-hydrogen) atoms. The van der Waals surface area contributed by atoms with E-state index in [-0.39, 0.29) is 17.9 Å². The highest BCUT2D eigenvalue weighted by Crippen LogP contribution is 2.63. The lowest BCUT2D eigenvalue weighted by Crippen LogP contribution is -2.29. The van der Waals surface area contributed by atoms with Gasteiger partial charge in [-0.2, -0.15) is 0 Å². The Balaban J connectivity index is 0.991. The van der Waals surface area contributed by atoms with Crippen LogP contribution in [-0.4, -0.2) is 11.5 Å². The van der Waals surface area contributed by atoms with Gasteiger partial charge in [-0.15, -0.1) is 0 Å². The highest BCUT2D eigenvalue weighted by atomic mass is 15.0. The first kappa shape index (κ1) is 39.2. The van der Waals surface area contributed by atoms with Crippen LogP contribution < -0.4 is 0 Å². The highest BCUT2D eigenvalue weighted by molar-refractivity contribution is 6.15. The van der Waals surface area contributed by atoms with E-state index in [0.717, 1.165) is 35.5 Å². The number of amidine groups is 1. The number of rotatable bonds is 8. The predicted molar refractivity (Wildman–Crippen MR) is 271 cm³/mol. The van der Waals surface area contributed by atoms with Gasteiger partial charge < -0.3 is 0 Å². The van der Waals surface area contributed by atoms with Crippen molar-refractivity contribution in [1.29, 1.82) is 0 Å². The lowest BCUT2D eigenvalue weighted by atomic mass is 9.69. The van der Waals surface area contributed by atoms with Crippen LogP contribution in [-0.2, 0) is 5.41 Å². The van der Waals surface area contributed by atoms with Crippen molar-refractivity contribution in [2.24, 2.45) is 21.8 Å². The number of hydrogen-bond acceptors (Lipinski definition) is 2. The SMILES string of the molecule is CCC1C(c2ccccc2)=NC(c2ccc3c(c2)C2(c4ccccc4-c4ccccc42)c2ccccc2-3)=NC1c1ccc(C2=CC=C(c3ccccc3)C(CC)C2c2ccccc2)cc1.